The predicted octanol–water partition coefficient (Wildman–Crippen LogP) is 2.64. The summed E-state index contributed by atoms with van der Waals surface area (Å²) in [6.07, 6.45) is 0. The van der Waals surface area contributed by atoms with Gasteiger partial charge in [-0.05, 0) is 22.8 Å². The fraction of sp³-hybridized carbons (Fsp3) is 0.364. The van der Waals surface area contributed by atoms with Crippen molar-refractivity contribution >= 4 is 17.7 Å². The number of amides is 2. The summed E-state index contributed by atoms with van der Waals surface area (Å²) in [4.78, 5) is 43.1. The molecule has 0 radical (unpaired) electrons. The van der Waals surface area contributed by atoms with Crippen LogP contribution in [0.2, 0.25) is 0 Å². The van der Waals surface area contributed by atoms with Gasteiger partial charge < -0.3 is 24.2 Å². The van der Waals surface area contributed by atoms with Gasteiger partial charge in [0.15, 0.2) is 18.6 Å². The average Bonchev–Trinajstić information content (AvgIpc) is 3.09. The molecule has 0 spiro atoms. The Morgan fingerprint density at radius 1 is 1.21 bits per heavy atom. The number of rotatable bonds is 11. The predicted molar refractivity (Wildman–Crippen MR) is 115 cm³/mol. The fourth-order valence-electron chi connectivity index (χ4n) is 4.03. The SMILES string of the molecule is COCCOCOc1cc2c(cc1[N+](=O)[O-])C(C(=O)O)N1CC2N(OCc2ccccc2)C1=O. The van der Waals surface area contributed by atoms with Crippen molar-refractivity contribution in [2.75, 3.05) is 33.7 Å². The molecule has 2 bridgehead atoms. The van der Waals surface area contributed by atoms with Crippen molar-refractivity contribution in [2.45, 2.75) is 18.7 Å². The minimum atomic E-state index is -1.39. The maximum absolute atomic E-state index is 13.0. The van der Waals surface area contributed by atoms with Gasteiger partial charge in [-0.25, -0.2) is 9.59 Å². The number of urea groups is 1. The van der Waals surface area contributed by atoms with Gasteiger partial charge in [-0.15, -0.1) is 0 Å². The van der Waals surface area contributed by atoms with Crippen molar-refractivity contribution in [3.05, 3.63) is 69.3 Å². The van der Waals surface area contributed by atoms with Crippen LogP contribution in [-0.4, -0.2) is 65.7 Å². The van der Waals surface area contributed by atoms with E-state index in [-0.39, 0.29) is 37.9 Å². The molecule has 2 aromatic rings. The van der Waals surface area contributed by atoms with Gasteiger partial charge >= 0.3 is 17.7 Å². The zero-order valence-corrected chi connectivity index (χ0v) is 18.3. The molecule has 12 nitrogen and oxygen atoms in total. The lowest BCUT2D eigenvalue weighted by Gasteiger charge is -2.30. The maximum atomic E-state index is 13.0. The Morgan fingerprint density at radius 3 is 2.65 bits per heavy atom. The van der Waals surface area contributed by atoms with Gasteiger partial charge in [0, 0.05) is 13.2 Å². The van der Waals surface area contributed by atoms with E-state index in [0.29, 0.717) is 12.2 Å². The molecule has 0 aliphatic carbocycles. The van der Waals surface area contributed by atoms with Crippen molar-refractivity contribution in [1.82, 2.24) is 9.96 Å². The van der Waals surface area contributed by atoms with E-state index >= 15 is 0 Å². The first kappa shape index (κ1) is 23.4. The molecule has 0 aromatic heterocycles. The lowest BCUT2D eigenvalue weighted by molar-refractivity contribution is -0.386. The van der Waals surface area contributed by atoms with E-state index in [4.69, 9.17) is 19.0 Å². The third kappa shape index (κ3) is 4.51. The average molecular weight is 473 g/mol. The number of carbonyl (C=O) groups excluding carboxylic acids is 1. The number of ether oxygens (including phenoxy) is 3. The molecular weight excluding hydrogens is 450 g/mol. The quantitative estimate of drug-likeness (QED) is 0.226. The molecular formula is C22H23N3O9. The summed E-state index contributed by atoms with van der Waals surface area (Å²) in [5, 5.41) is 22.7. The second-order valence-corrected chi connectivity index (χ2v) is 7.65. The molecule has 1 N–H and O–H groups in total. The minimum absolute atomic E-state index is 0.0547. The number of benzene rings is 2. The lowest BCUT2D eigenvalue weighted by Crippen LogP contribution is -2.38. The molecule has 0 saturated carbocycles. The number of carbonyl (C=O) groups is 2. The number of aliphatic carboxylic acids is 1. The Morgan fingerprint density at radius 2 is 1.97 bits per heavy atom. The number of fused-ring (bicyclic) bond motifs is 4. The molecule has 12 heteroatoms. The highest BCUT2D eigenvalue weighted by Crippen LogP contribution is 2.47. The number of hydrogen-bond acceptors (Lipinski definition) is 8. The lowest BCUT2D eigenvalue weighted by atomic mass is 9.90. The summed E-state index contributed by atoms with van der Waals surface area (Å²) in [6.45, 7) is 0.426. The molecule has 2 unspecified atom stereocenters. The van der Waals surface area contributed by atoms with E-state index < -0.39 is 34.7 Å². The van der Waals surface area contributed by atoms with E-state index in [1.165, 1.54) is 13.2 Å². The maximum Gasteiger partial charge on any atom is 0.345 e. The summed E-state index contributed by atoms with van der Waals surface area (Å²) in [6, 6.07) is 9.03. The van der Waals surface area contributed by atoms with E-state index in [0.717, 1.165) is 21.6 Å². The molecule has 1 fully saturated rings. The van der Waals surface area contributed by atoms with Crippen LogP contribution in [0.25, 0.3) is 0 Å². The van der Waals surface area contributed by atoms with E-state index in [1.54, 1.807) is 0 Å². The number of hydrogen-bond donors (Lipinski definition) is 1. The Labute approximate surface area is 194 Å². The smallest absolute Gasteiger partial charge is 0.345 e. The summed E-state index contributed by atoms with van der Waals surface area (Å²) in [5.74, 6) is -1.40. The summed E-state index contributed by atoms with van der Waals surface area (Å²) >= 11 is 0. The van der Waals surface area contributed by atoms with E-state index in [1.807, 2.05) is 30.3 Å². The zero-order chi connectivity index (χ0) is 24.2. The first-order valence-electron chi connectivity index (χ1n) is 10.4. The molecule has 2 amide bonds. The summed E-state index contributed by atoms with van der Waals surface area (Å²) < 4.78 is 15.6. The number of nitro groups is 1. The number of carboxylic acids is 1. The highest BCUT2D eigenvalue weighted by atomic mass is 16.7. The first-order valence-corrected chi connectivity index (χ1v) is 10.4. The van der Waals surface area contributed by atoms with Gasteiger partial charge in [-0.1, -0.05) is 30.3 Å². The number of methoxy groups -OCH3 is 1. The van der Waals surface area contributed by atoms with Crippen LogP contribution in [-0.2, 0) is 25.7 Å². The van der Waals surface area contributed by atoms with Crippen LogP contribution < -0.4 is 4.74 Å². The van der Waals surface area contributed by atoms with Crippen molar-refractivity contribution in [1.29, 1.82) is 0 Å². The standard InChI is InChI=1S/C22H23N3O9/c1-31-7-8-32-13-33-19-10-15-16(9-17(19)25(29)30)20(21(26)27)23-11-18(15)24(22(23)28)34-12-14-5-3-2-4-6-14/h2-6,9-10,18,20H,7-8,11-13H2,1H3,(H,26,27). The number of hydroxylamine groups is 2. The number of carboxylic acid groups (broad SMARTS) is 1. The third-order valence-corrected chi connectivity index (χ3v) is 5.59. The van der Waals surface area contributed by atoms with Gasteiger partial charge in [0.05, 0.1) is 24.7 Å². The van der Waals surface area contributed by atoms with Gasteiger partial charge in [-0.3, -0.25) is 15.0 Å². The van der Waals surface area contributed by atoms with Gasteiger partial charge in [0.25, 0.3) is 0 Å². The molecule has 2 aromatic carbocycles. The Bertz CT molecular complexity index is 1080. The Kier molecular flexibility index (Phi) is 6.91. The molecule has 2 aliphatic heterocycles. The molecule has 180 valence electrons. The van der Waals surface area contributed by atoms with Crippen molar-refractivity contribution in [2.24, 2.45) is 0 Å². The van der Waals surface area contributed by atoms with Crippen LogP contribution in [0.1, 0.15) is 28.8 Å². The van der Waals surface area contributed by atoms with Crippen molar-refractivity contribution in [3.63, 3.8) is 0 Å². The molecule has 1 saturated heterocycles. The largest absolute Gasteiger partial charge is 0.479 e. The highest BCUT2D eigenvalue weighted by molar-refractivity contribution is 5.87. The monoisotopic (exact) mass is 473 g/mol. The molecule has 34 heavy (non-hydrogen) atoms. The Hall–Kier alpha value is -3.74. The third-order valence-electron chi connectivity index (χ3n) is 5.59. The van der Waals surface area contributed by atoms with Crippen LogP contribution >= 0.6 is 0 Å². The molecule has 2 heterocycles. The van der Waals surface area contributed by atoms with Crippen LogP contribution in [0.3, 0.4) is 0 Å². The van der Waals surface area contributed by atoms with Crippen molar-refractivity contribution in [3.8, 4) is 5.75 Å². The van der Waals surface area contributed by atoms with Crippen molar-refractivity contribution < 1.29 is 38.7 Å². The van der Waals surface area contributed by atoms with Crippen LogP contribution in [0.15, 0.2) is 42.5 Å². The van der Waals surface area contributed by atoms with Crippen LogP contribution in [0.5, 0.6) is 5.75 Å². The second kappa shape index (κ2) is 10.0. The second-order valence-electron chi connectivity index (χ2n) is 7.65. The number of nitro benzene ring substituents is 1. The molecule has 2 atom stereocenters. The summed E-state index contributed by atoms with van der Waals surface area (Å²) in [5.41, 5.74) is 0.942. The van der Waals surface area contributed by atoms with Gasteiger partial charge in [0.1, 0.15) is 12.6 Å². The van der Waals surface area contributed by atoms with Gasteiger partial charge in [0.2, 0.25) is 0 Å². The minimum Gasteiger partial charge on any atom is -0.479 e. The summed E-state index contributed by atoms with van der Waals surface area (Å²) in [7, 11) is 1.51. The van der Waals surface area contributed by atoms with Crippen LogP contribution in [0.4, 0.5) is 10.5 Å². The molecule has 4 rings (SSSR count). The van der Waals surface area contributed by atoms with E-state index in [9.17, 15) is 24.8 Å². The normalized spacial score (nSPS) is 18.7. The Balaban J connectivity index is 1.66. The first-order chi connectivity index (χ1) is 16.4. The number of nitrogens with zero attached hydrogens (tertiary/aromatic N) is 3. The molecule has 2 aliphatic rings. The van der Waals surface area contributed by atoms with Crippen LogP contribution in [0, 0.1) is 10.1 Å². The highest BCUT2D eigenvalue weighted by Gasteiger charge is 2.52. The fourth-order valence-corrected chi connectivity index (χ4v) is 4.03. The van der Waals surface area contributed by atoms with E-state index in [2.05, 4.69) is 0 Å². The zero-order valence-electron chi connectivity index (χ0n) is 18.3. The topological polar surface area (TPSA) is 141 Å². The van der Waals surface area contributed by atoms with Gasteiger partial charge in [-0.2, -0.15) is 5.06 Å².